The third-order valence-corrected chi connectivity index (χ3v) is 19.2. The molecule has 0 aliphatic heterocycles. The van der Waals surface area contributed by atoms with E-state index in [4.69, 9.17) is 46.3 Å². The van der Waals surface area contributed by atoms with Crippen molar-refractivity contribution in [3.63, 3.8) is 0 Å². The van der Waals surface area contributed by atoms with E-state index in [9.17, 15) is 14.8 Å². The fourth-order valence-electron chi connectivity index (χ4n) is 12.4. The maximum atomic E-state index is 10.1. The van der Waals surface area contributed by atoms with E-state index in [0.717, 1.165) is 149 Å². The Balaban J connectivity index is 0.000000128. The lowest BCUT2D eigenvalue weighted by Gasteiger charge is -2.10. The van der Waals surface area contributed by atoms with Crippen LogP contribution in [0, 0.1) is 0 Å². The van der Waals surface area contributed by atoms with Gasteiger partial charge in [-0.15, -0.1) is 0 Å². The van der Waals surface area contributed by atoms with Gasteiger partial charge in [-0.3, -0.25) is 4.79 Å². The van der Waals surface area contributed by atoms with Gasteiger partial charge < -0.3 is 24.6 Å². The summed E-state index contributed by atoms with van der Waals surface area (Å²) < 4.78 is 17.2. The third-order valence-electron chi connectivity index (χ3n) is 17.9. The first kappa shape index (κ1) is 73.1. The van der Waals surface area contributed by atoms with Gasteiger partial charge in [0.05, 0.1) is 22.8 Å². The molecule has 0 spiro atoms. The summed E-state index contributed by atoms with van der Waals surface area (Å²) in [5.74, 6) is 1.80. The number of carbonyl (C=O) groups excluding carboxylic acids is 1. The Bertz CT molecular complexity index is 6030. The molecule has 18 aromatic rings. The van der Waals surface area contributed by atoms with Crippen LogP contribution in [-0.2, 0) is 0 Å². The fraction of sp³-hybridized carbons (Fsp3) is 0. The molecular weight excluding hydrogens is 1500 g/mol. The maximum absolute atomic E-state index is 10.1. The molecule has 0 aliphatic rings. The smallest absolute Gasteiger partial charge is 0.456 e. The zero-order valence-electron chi connectivity index (χ0n) is 58.4. The number of nitrogens with zero attached hydrogens (tertiary/aromatic N) is 5. The van der Waals surface area contributed by atoms with Crippen LogP contribution < -0.4 is 11.2 Å². The van der Waals surface area contributed by atoms with Crippen molar-refractivity contribution in [2.45, 2.75) is 0 Å². The van der Waals surface area contributed by atoms with Crippen LogP contribution in [0.3, 0.4) is 0 Å². The van der Waals surface area contributed by atoms with Gasteiger partial charge in [-0.25, -0.2) is 19.9 Å². The van der Waals surface area contributed by atoms with E-state index < -0.39 is 7.12 Å². The Hall–Kier alpha value is -12.8. The highest BCUT2D eigenvalue weighted by atomic mass is 79.9. The Morgan fingerprint density at radius 3 is 1.08 bits per heavy atom. The number of amidine groups is 1. The number of rotatable bonds is 12. The van der Waals surface area contributed by atoms with E-state index in [2.05, 4.69) is 176 Å². The van der Waals surface area contributed by atoms with Gasteiger partial charge >= 0.3 is 7.12 Å². The number of nitrogens with two attached hydrogens (primary N) is 1. The second-order valence-electron chi connectivity index (χ2n) is 25.2. The lowest BCUT2D eigenvalue weighted by atomic mass is 9.79. The zero-order valence-corrected chi connectivity index (χ0v) is 62.4. The Labute approximate surface area is 652 Å². The normalized spacial score (nSPS) is 10.9. The van der Waals surface area contributed by atoms with Crippen LogP contribution in [0.25, 0.3) is 145 Å². The molecule has 0 saturated heterocycles. The number of aromatic nitrogens is 4. The van der Waals surface area contributed by atoms with Gasteiger partial charge in [-0.05, 0) is 118 Å². The highest BCUT2D eigenvalue weighted by molar-refractivity contribution is 9.10. The summed E-state index contributed by atoms with van der Waals surface area (Å²) in [6, 6.07) is 123. The Morgan fingerprint density at radius 2 is 0.651 bits per heavy atom. The van der Waals surface area contributed by atoms with Gasteiger partial charge in [0, 0.05) is 86.8 Å². The quantitative estimate of drug-likeness (QED) is 0.0462. The number of carbonyl (C=O) groups is 1. The van der Waals surface area contributed by atoms with Crippen molar-refractivity contribution in [3.8, 4) is 101 Å². The molecule has 4 aromatic heterocycles. The minimum Gasteiger partial charge on any atom is -0.456 e. The van der Waals surface area contributed by atoms with Gasteiger partial charge in [-0.2, -0.15) is 4.51 Å². The van der Waals surface area contributed by atoms with E-state index >= 15 is 0 Å². The molecule has 526 valence electrons. The third kappa shape index (κ3) is 18.2. The monoisotopic (exact) mass is 1560 g/mol. The SMILES string of the molecule is Brc1ccc(-c2cc(-c3ccccc3)nc(-c3ccccc3)n2)cc1.NC(=NCl)c1ccccc1.O=Cc1ccc(Br)cc1.OB(O)c1cccc(-c2ccc3oc4ccccc4c3c2)c1.c1ccc(-c2cc(-c3ccc(-c4cccc(-c5ccc6oc7ccccc7c6c5)c4)cc3)nc(-c3ccccc3)n2)cc1. The first-order chi connectivity index (χ1) is 53.5. The van der Waals surface area contributed by atoms with Crippen LogP contribution in [0.2, 0.25) is 0 Å². The second kappa shape index (κ2) is 35.1. The lowest BCUT2D eigenvalue weighted by molar-refractivity contribution is 0.112. The van der Waals surface area contributed by atoms with Crippen molar-refractivity contribution < 1.29 is 23.7 Å². The van der Waals surface area contributed by atoms with Gasteiger partial charge in [0.15, 0.2) is 11.6 Å². The molecule has 0 amide bonds. The van der Waals surface area contributed by atoms with Crippen LogP contribution in [0.15, 0.2) is 392 Å². The summed E-state index contributed by atoms with van der Waals surface area (Å²) in [4.78, 5) is 29.6. The van der Waals surface area contributed by atoms with Crippen LogP contribution in [0.1, 0.15) is 15.9 Å². The predicted molar refractivity (Wildman–Crippen MR) is 454 cm³/mol. The molecule has 0 bridgehead atoms. The van der Waals surface area contributed by atoms with Gasteiger partial charge in [-0.1, -0.05) is 323 Å². The number of aldehydes is 1. The lowest BCUT2D eigenvalue weighted by Crippen LogP contribution is -2.29. The molecule has 0 aliphatic carbocycles. The van der Waals surface area contributed by atoms with Crippen LogP contribution >= 0.6 is 43.6 Å². The Kier molecular flexibility index (Phi) is 23.5. The minimum absolute atomic E-state index is 0.349. The van der Waals surface area contributed by atoms with Gasteiger partial charge in [0.2, 0.25) is 0 Å². The van der Waals surface area contributed by atoms with Crippen molar-refractivity contribution in [2.75, 3.05) is 0 Å². The van der Waals surface area contributed by atoms with Crippen molar-refractivity contribution in [1.29, 1.82) is 0 Å². The summed E-state index contributed by atoms with van der Waals surface area (Å²) in [6.07, 6.45) is 0.826. The van der Waals surface area contributed by atoms with E-state index in [-0.39, 0.29) is 0 Å². The number of benzene rings is 14. The van der Waals surface area contributed by atoms with E-state index in [1.807, 2.05) is 206 Å². The van der Waals surface area contributed by atoms with Crippen LogP contribution in [0.4, 0.5) is 0 Å². The number of furan rings is 2. The van der Waals surface area contributed by atoms with Crippen molar-refractivity contribution >= 4 is 112 Å². The number of hydrogen-bond acceptors (Lipinski definition) is 10. The molecule has 18 rings (SSSR count). The predicted octanol–water partition coefficient (Wildman–Crippen LogP) is 23.7. The standard InChI is InChI=1S/C40H26N2O.C22H15BrN2.C18H13BO3.C7H5BrO.C7H7ClN2/c1-3-10-28(11-4-1)36-26-37(42-40(41-36)30-12-5-2-6-13-30)29-20-18-27(19-21-29)31-14-9-15-32(24-31)33-22-23-39-35(25-33)34-16-7-8-17-38(34)43-39;23-19-13-11-17(12-14-19)21-15-20(16-7-3-1-4-8-16)24-22(25-21)18-9-5-2-6-10-18;20-19(21)14-5-3-4-12(10-14)13-8-9-18-16(11-13)15-6-1-2-7-17(15)22-18;8-7-3-1-6(5-9)2-4-7;8-10-7(9)6-4-2-1-3-5-6/h1-26H;1-15H;1-11,20-21H;1-5H;1-5H,(H2,9,10). The molecular formula is C94H66BBr2ClN6O5. The molecule has 0 saturated carbocycles. The van der Waals surface area contributed by atoms with E-state index in [1.54, 1.807) is 24.3 Å². The average Bonchev–Trinajstić information content (AvgIpc) is 1.69. The molecule has 0 fully saturated rings. The molecule has 0 unspecified atom stereocenters. The summed E-state index contributed by atoms with van der Waals surface area (Å²) in [5.41, 5.74) is 27.5. The number of halogens is 3. The Morgan fingerprint density at radius 1 is 0.330 bits per heavy atom. The summed E-state index contributed by atoms with van der Waals surface area (Å²) >= 11 is 11.9. The first-order valence-corrected chi connectivity index (χ1v) is 36.9. The highest BCUT2D eigenvalue weighted by Crippen LogP contribution is 2.37. The van der Waals surface area contributed by atoms with E-state index in [0.29, 0.717) is 16.9 Å². The topological polar surface area (TPSA) is 174 Å². The molecule has 4 N–H and O–H groups in total. The molecule has 11 nitrogen and oxygen atoms in total. The summed E-state index contributed by atoms with van der Waals surface area (Å²) in [6.45, 7) is 0. The molecule has 4 heterocycles. The molecule has 14 aromatic carbocycles. The van der Waals surface area contributed by atoms with Crippen LogP contribution in [-0.4, -0.2) is 49.2 Å². The molecule has 109 heavy (non-hydrogen) atoms. The van der Waals surface area contributed by atoms with Gasteiger partial charge in [0.1, 0.15) is 34.5 Å². The summed E-state index contributed by atoms with van der Waals surface area (Å²) in [5, 5.41) is 23.0. The second-order valence-corrected chi connectivity index (χ2v) is 27.2. The van der Waals surface area contributed by atoms with Gasteiger partial charge in [0.25, 0.3) is 0 Å². The number of fused-ring (bicyclic) bond motifs is 6. The largest absolute Gasteiger partial charge is 0.488 e. The molecule has 0 atom stereocenters. The van der Waals surface area contributed by atoms with Crippen molar-refractivity contribution in [2.24, 2.45) is 10.2 Å². The van der Waals surface area contributed by atoms with Crippen LogP contribution in [0.5, 0.6) is 0 Å². The number of hydrogen-bond donors (Lipinski definition) is 3. The fourth-order valence-corrected chi connectivity index (χ4v) is 13.0. The minimum atomic E-state index is -1.46. The average molecular weight is 1570 g/mol. The zero-order chi connectivity index (χ0) is 74.8. The first-order valence-electron chi connectivity index (χ1n) is 34.9. The van der Waals surface area contributed by atoms with E-state index in [1.165, 1.54) is 16.7 Å². The summed E-state index contributed by atoms with van der Waals surface area (Å²) in [7, 11) is -1.46. The maximum Gasteiger partial charge on any atom is 0.488 e. The highest BCUT2D eigenvalue weighted by Gasteiger charge is 2.17. The number of para-hydroxylation sites is 2. The molecule has 15 heteroatoms. The van der Waals surface area contributed by atoms with Crippen molar-refractivity contribution in [1.82, 2.24) is 19.9 Å². The molecule has 0 radical (unpaired) electrons. The van der Waals surface area contributed by atoms with Crippen molar-refractivity contribution in [3.05, 3.63) is 390 Å².